The molecule has 0 unspecified atom stereocenters. The van der Waals surface area contributed by atoms with Crippen molar-refractivity contribution in [2.45, 2.75) is 25.9 Å². The molecule has 1 saturated heterocycles. The third-order valence-electron chi connectivity index (χ3n) is 4.09. The van der Waals surface area contributed by atoms with Crippen LogP contribution in [0.3, 0.4) is 0 Å². The summed E-state index contributed by atoms with van der Waals surface area (Å²) in [6.07, 6.45) is 7.61. The first-order chi connectivity index (χ1) is 11.2. The normalized spacial score (nSPS) is 17.9. The molecule has 3 heterocycles. The van der Waals surface area contributed by atoms with Crippen LogP contribution >= 0.6 is 0 Å². The van der Waals surface area contributed by atoms with E-state index in [0.29, 0.717) is 18.2 Å². The van der Waals surface area contributed by atoms with Gasteiger partial charge < -0.3 is 10.2 Å². The van der Waals surface area contributed by atoms with Crippen molar-refractivity contribution in [1.29, 1.82) is 0 Å². The molecule has 0 spiro atoms. The van der Waals surface area contributed by atoms with Crippen LogP contribution in [0.5, 0.6) is 0 Å². The van der Waals surface area contributed by atoms with E-state index >= 15 is 0 Å². The lowest BCUT2D eigenvalue weighted by Crippen LogP contribution is -2.32. The summed E-state index contributed by atoms with van der Waals surface area (Å²) in [6, 6.07) is 3.81. The van der Waals surface area contributed by atoms with Crippen molar-refractivity contribution in [3.63, 3.8) is 0 Å². The second kappa shape index (κ2) is 7.32. The summed E-state index contributed by atoms with van der Waals surface area (Å²) in [4.78, 5) is 18.1. The lowest BCUT2D eigenvalue weighted by molar-refractivity contribution is 0.0779. The number of piperidine rings is 1. The third kappa shape index (κ3) is 4.13. The lowest BCUT2D eigenvalue weighted by atomic mass is 10.00. The van der Waals surface area contributed by atoms with E-state index in [-0.39, 0.29) is 5.91 Å². The molecule has 1 fully saturated rings. The highest BCUT2D eigenvalue weighted by Crippen LogP contribution is 2.12. The van der Waals surface area contributed by atoms with Gasteiger partial charge in [0.2, 0.25) is 0 Å². The van der Waals surface area contributed by atoms with Gasteiger partial charge in [0.1, 0.15) is 0 Å². The van der Waals surface area contributed by atoms with E-state index in [1.54, 1.807) is 35.2 Å². The zero-order chi connectivity index (χ0) is 16.1. The SMILES string of the molecule is CN(Cc1cccnc1)C(=O)c1cn(C[C@H]2CCCNC2)nn1. The van der Waals surface area contributed by atoms with Crippen LogP contribution in [-0.2, 0) is 13.1 Å². The molecule has 0 saturated carbocycles. The summed E-state index contributed by atoms with van der Waals surface area (Å²) in [5.74, 6) is 0.434. The number of carbonyl (C=O) groups is 1. The Morgan fingerprint density at radius 3 is 3.17 bits per heavy atom. The molecule has 1 N–H and O–H groups in total. The van der Waals surface area contributed by atoms with E-state index in [1.807, 2.05) is 12.1 Å². The van der Waals surface area contributed by atoms with Crippen LogP contribution in [-0.4, -0.2) is 50.9 Å². The van der Waals surface area contributed by atoms with Crippen LogP contribution < -0.4 is 5.32 Å². The summed E-state index contributed by atoms with van der Waals surface area (Å²) in [5.41, 5.74) is 1.38. The van der Waals surface area contributed by atoms with E-state index in [9.17, 15) is 4.79 Å². The Bertz CT molecular complexity index is 635. The fraction of sp³-hybridized carbons (Fsp3) is 0.500. The lowest BCUT2D eigenvalue weighted by Gasteiger charge is -2.22. The van der Waals surface area contributed by atoms with Crippen molar-refractivity contribution < 1.29 is 4.79 Å². The first kappa shape index (κ1) is 15.6. The van der Waals surface area contributed by atoms with E-state index in [0.717, 1.165) is 25.2 Å². The molecule has 0 aliphatic carbocycles. The van der Waals surface area contributed by atoms with Gasteiger partial charge in [-0.25, -0.2) is 0 Å². The number of aromatic nitrogens is 4. The van der Waals surface area contributed by atoms with Crippen LogP contribution in [0.2, 0.25) is 0 Å². The zero-order valence-corrected chi connectivity index (χ0v) is 13.4. The summed E-state index contributed by atoms with van der Waals surface area (Å²) in [7, 11) is 1.76. The molecule has 1 amide bonds. The molecule has 1 aliphatic heterocycles. The molecule has 1 atom stereocenters. The van der Waals surface area contributed by atoms with Crippen molar-refractivity contribution in [2.24, 2.45) is 5.92 Å². The Morgan fingerprint density at radius 1 is 1.52 bits per heavy atom. The molecule has 122 valence electrons. The predicted octanol–water partition coefficient (Wildman–Crippen LogP) is 0.945. The van der Waals surface area contributed by atoms with Crippen molar-refractivity contribution >= 4 is 5.91 Å². The van der Waals surface area contributed by atoms with Gasteiger partial charge in [-0.15, -0.1) is 5.10 Å². The fourth-order valence-corrected chi connectivity index (χ4v) is 2.86. The van der Waals surface area contributed by atoms with Crippen molar-refractivity contribution in [3.05, 3.63) is 42.0 Å². The van der Waals surface area contributed by atoms with Crippen molar-refractivity contribution in [3.8, 4) is 0 Å². The van der Waals surface area contributed by atoms with Crippen LogP contribution in [0.1, 0.15) is 28.9 Å². The number of rotatable bonds is 5. The van der Waals surface area contributed by atoms with Gasteiger partial charge in [0.05, 0.1) is 6.20 Å². The van der Waals surface area contributed by atoms with E-state index in [2.05, 4.69) is 20.6 Å². The number of nitrogens with zero attached hydrogens (tertiary/aromatic N) is 5. The van der Waals surface area contributed by atoms with Crippen LogP contribution in [0.25, 0.3) is 0 Å². The predicted molar refractivity (Wildman–Crippen MR) is 85.7 cm³/mol. The molecule has 1 aliphatic rings. The van der Waals surface area contributed by atoms with E-state index in [4.69, 9.17) is 0 Å². The molecular weight excluding hydrogens is 292 g/mol. The van der Waals surface area contributed by atoms with Gasteiger partial charge in [-0.2, -0.15) is 0 Å². The van der Waals surface area contributed by atoms with Gasteiger partial charge in [-0.05, 0) is 43.5 Å². The molecular formula is C16H22N6O. The first-order valence-corrected chi connectivity index (χ1v) is 7.97. The fourth-order valence-electron chi connectivity index (χ4n) is 2.86. The van der Waals surface area contributed by atoms with Crippen LogP contribution in [0, 0.1) is 5.92 Å². The molecule has 3 rings (SSSR count). The minimum absolute atomic E-state index is 0.123. The van der Waals surface area contributed by atoms with Gasteiger partial charge in [0.25, 0.3) is 5.91 Å². The van der Waals surface area contributed by atoms with Gasteiger partial charge in [-0.3, -0.25) is 14.5 Å². The second-order valence-electron chi connectivity index (χ2n) is 6.06. The van der Waals surface area contributed by atoms with Gasteiger partial charge in [0.15, 0.2) is 5.69 Å². The quantitative estimate of drug-likeness (QED) is 0.889. The Labute approximate surface area is 135 Å². The highest BCUT2D eigenvalue weighted by molar-refractivity contribution is 5.91. The number of amides is 1. The first-order valence-electron chi connectivity index (χ1n) is 7.97. The highest BCUT2D eigenvalue weighted by Gasteiger charge is 2.18. The summed E-state index contributed by atoms with van der Waals surface area (Å²) in [6.45, 7) is 3.41. The Morgan fingerprint density at radius 2 is 2.43 bits per heavy atom. The highest BCUT2D eigenvalue weighted by atomic mass is 16.2. The maximum Gasteiger partial charge on any atom is 0.276 e. The van der Waals surface area contributed by atoms with Crippen molar-refractivity contribution in [2.75, 3.05) is 20.1 Å². The average Bonchev–Trinajstić information content (AvgIpc) is 3.04. The minimum atomic E-state index is -0.123. The third-order valence-corrected chi connectivity index (χ3v) is 4.09. The topological polar surface area (TPSA) is 75.9 Å². The maximum atomic E-state index is 12.4. The smallest absolute Gasteiger partial charge is 0.276 e. The molecule has 23 heavy (non-hydrogen) atoms. The van der Waals surface area contributed by atoms with Gasteiger partial charge in [-0.1, -0.05) is 11.3 Å². The monoisotopic (exact) mass is 314 g/mol. The Kier molecular flexibility index (Phi) is 4.97. The van der Waals surface area contributed by atoms with E-state index in [1.165, 1.54) is 12.8 Å². The number of hydrogen-bond acceptors (Lipinski definition) is 5. The van der Waals surface area contributed by atoms with Gasteiger partial charge in [0, 0.05) is 32.5 Å². The molecule has 0 aromatic carbocycles. The van der Waals surface area contributed by atoms with Crippen LogP contribution in [0.4, 0.5) is 0 Å². The molecule has 0 radical (unpaired) electrons. The molecule has 7 heteroatoms. The summed E-state index contributed by atoms with van der Waals surface area (Å²) >= 11 is 0. The molecule has 2 aromatic heterocycles. The number of hydrogen-bond donors (Lipinski definition) is 1. The Balaban J connectivity index is 1.59. The Hall–Kier alpha value is -2.28. The minimum Gasteiger partial charge on any atom is -0.336 e. The van der Waals surface area contributed by atoms with Crippen molar-refractivity contribution in [1.82, 2.24) is 30.2 Å². The number of nitrogens with one attached hydrogen (secondary N) is 1. The molecule has 7 nitrogen and oxygen atoms in total. The average molecular weight is 314 g/mol. The summed E-state index contributed by atoms with van der Waals surface area (Å²) < 4.78 is 1.78. The molecule has 2 aromatic rings. The largest absolute Gasteiger partial charge is 0.336 e. The molecule has 0 bridgehead atoms. The standard InChI is InChI=1S/C16H22N6O/c1-21(10-13-4-2-6-17-8-13)16(23)15-12-22(20-19-15)11-14-5-3-7-18-9-14/h2,4,6,8,12,14,18H,3,5,7,9-11H2,1H3/t14-/m0/s1. The van der Waals surface area contributed by atoms with Crippen LogP contribution in [0.15, 0.2) is 30.7 Å². The van der Waals surface area contributed by atoms with Gasteiger partial charge >= 0.3 is 0 Å². The second-order valence-corrected chi connectivity index (χ2v) is 6.06. The summed E-state index contributed by atoms with van der Waals surface area (Å²) in [5, 5.41) is 11.5. The number of pyridine rings is 1. The van der Waals surface area contributed by atoms with E-state index < -0.39 is 0 Å². The maximum absolute atomic E-state index is 12.4. The zero-order valence-electron chi connectivity index (χ0n) is 13.4. The number of carbonyl (C=O) groups excluding carboxylic acids is 1.